The zero-order chi connectivity index (χ0) is 17.1. The first-order valence-corrected chi connectivity index (χ1v) is 8.75. The zero-order valence-electron chi connectivity index (χ0n) is 14.1. The van der Waals surface area contributed by atoms with Gasteiger partial charge in [0.25, 0.3) is 0 Å². The molecule has 0 aliphatic heterocycles. The number of nitrogens with zero attached hydrogens (tertiary/aromatic N) is 4. The van der Waals surface area contributed by atoms with Crippen molar-refractivity contribution in [3.05, 3.63) is 30.1 Å². The van der Waals surface area contributed by atoms with Crippen molar-refractivity contribution in [2.45, 2.75) is 43.3 Å². The van der Waals surface area contributed by atoms with Crippen LogP contribution in [0, 0.1) is 6.92 Å². The van der Waals surface area contributed by atoms with Crippen LogP contribution < -0.4 is 10.5 Å². The van der Waals surface area contributed by atoms with Gasteiger partial charge in [0.05, 0.1) is 7.11 Å². The number of benzene rings is 1. The fourth-order valence-electron chi connectivity index (χ4n) is 2.50. The maximum Gasteiger partial charge on any atom is 0.175 e. The molecule has 7 heteroatoms. The van der Waals surface area contributed by atoms with Gasteiger partial charge >= 0.3 is 0 Å². The highest BCUT2D eigenvalue weighted by molar-refractivity contribution is 7.99. The van der Waals surface area contributed by atoms with Crippen LogP contribution in [0.25, 0.3) is 11.2 Å². The monoisotopic (exact) mass is 343 g/mol. The average Bonchev–Trinajstić information content (AvgIpc) is 2.93. The molecule has 0 saturated heterocycles. The number of nitrogen functional groups attached to an aromatic ring is 1. The quantitative estimate of drug-likeness (QED) is 0.735. The third-order valence-corrected chi connectivity index (χ3v) is 4.83. The fraction of sp³-hybridized carbons (Fsp3) is 0.353. The van der Waals surface area contributed by atoms with Crippen LogP contribution in [0.5, 0.6) is 5.75 Å². The summed E-state index contributed by atoms with van der Waals surface area (Å²) >= 11 is 1.59. The number of anilines is 1. The van der Waals surface area contributed by atoms with E-state index in [9.17, 15) is 0 Å². The summed E-state index contributed by atoms with van der Waals surface area (Å²) in [6, 6.07) is 6.15. The third kappa shape index (κ3) is 3.17. The van der Waals surface area contributed by atoms with Crippen molar-refractivity contribution < 1.29 is 4.74 Å². The highest BCUT2D eigenvalue weighted by atomic mass is 32.2. The van der Waals surface area contributed by atoms with Crippen molar-refractivity contribution in [3.8, 4) is 5.75 Å². The third-order valence-electron chi connectivity index (χ3n) is 3.85. The average molecular weight is 343 g/mol. The molecule has 2 aromatic heterocycles. The summed E-state index contributed by atoms with van der Waals surface area (Å²) in [6.07, 6.45) is 3.65. The Labute approximate surface area is 145 Å². The van der Waals surface area contributed by atoms with Crippen molar-refractivity contribution in [3.63, 3.8) is 0 Å². The van der Waals surface area contributed by atoms with Gasteiger partial charge in [-0.15, -0.1) is 0 Å². The molecule has 2 heterocycles. The second-order valence-corrected chi connectivity index (χ2v) is 6.60. The van der Waals surface area contributed by atoms with Crippen molar-refractivity contribution in [1.29, 1.82) is 0 Å². The predicted octanol–water partition coefficient (Wildman–Crippen LogP) is 3.68. The molecule has 1 aromatic carbocycles. The van der Waals surface area contributed by atoms with Gasteiger partial charge in [0.15, 0.2) is 22.1 Å². The number of unbranched alkanes of at least 4 members (excludes halogenated alkanes) is 1. The van der Waals surface area contributed by atoms with E-state index in [-0.39, 0.29) is 0 Å². The molecule has 0 bridgehead atoms. The van der Waals surface area contributed by atoms with Gasteiger partial charge < -0.3 is 15.0 Å². The lowest BCUT2D eigenvalue weighted by Gasteiger charge is -2.09. The topological polar surface area (TPSA) is 78.9 Å². The summed E-state index contributed by atoms with van der Waals surface area (Å²) in [5.41, 5.74) is 8.53. The molecule has 6 nitrogen and oxygen atoms in total. The van der Waals surface area contributed by atoms with Crippen LogP contribution >= 0.6 is 11.8 Å². The van der Waals surface area contributed by atoms with Crippen molar-refractivity contribution >= 4 is 28.7 Å². The SMILES string of the molecule is CCCCn1c(Sc2ccc(C)c(OC)c2)nc2c(N)ncnc21. The molecular formula is C17H21N5OS. The largest absolute Gasteiger partial charge is 0.496 e. The van der Waals surface area contributed by atoms with Crippen LogP contribution in [-0.4, -0.2) is 26.6 Å². The summed E-state index contributed by atoms with van der Waals surface area (Å²) < 4.78 is 7.53. The molecule has 24 heavy (non-hydrogen) atoms. The number of rotatable bonds is 6. The normalized spacial score (nSPS) is 11.1. The molecule has 0 radical (unpaired) electrons. The van der Waals surface area contributed by atoms with Crippen LogP contribution in [0.3, 0.4) is 0 Å². The Balaban J connectivity index is 2.03. The van der Waals surface area contributed by atoms with E-state index >= 15 is 0 Å². The van der Waals surface area contributed by atoms with E-state index in [1.54, 1.807) is 18.9 Å². The van der Waals surface area contributed by atoms with Gasteiger partial charge in [0.2, 0.25) is 0 Å². The molecular weight excluding hydrogens is 322 g/mol. The molecule has 0 unspecified atom stereocenters. The molecule has 2 N–H and O–H groups in total. The lowest BCUT2D eigenvalue weighted by Crippen LogP contribution is -2.01. The van der Waals surface area contributed by atoms with Gasteiger partial charge in [-0.05, 0) is 31.0 Å². The Bertz CT molecular complexity index is 862. The first-order chi connectivity index (χ1) is 11.6. The van der Waals surface area contributed by atoms with E-state index in [1.807, 2.05) is 19.1 Å². The maximum atomic E-state index is 5.97. The molecule has 3 rings (SSSR count). The number of nitrogens with two attached hydrogens (primary N) is 1. The fourth-order valence-corrected chi connectivity index (χ4v) is 3.44. The van der Waals surface area contributed by atoms with Gasteiger partial charge in [-0.1, -0.05) is 31.2 Å². The second kappa shape index (κ2) is 7.09. The highest BCUT2D eigenvalue weighted by Crippen LogP contribution is 2.33. The molecule has 0 fully saturated rings. The Hall–Kier alpha value is -2.28. The summed E-state index contributed by atoms with van der Waals surface area (Å²) in [6.45, 7) is 5.05. The van der Waals surface area contributed by atoms with E-state index in [0.717, 1.165) is 46.4 Å². The predicted molar refractivity (Wildman–Crippen MR) is 96.5 cm³/mol. The zero-order valence-corrected chi connectivity index (χ0v) is 14.9. The number of methoxy groups -OCH3 is 1. The highest BCUT2D eigenvalue weighted by Gasteiger charge is 2.16. The Kier molecular flexibility index (Phi) is 4.89. The minimum absolute atomic E-state index is 0.415. The number of imidazole rings is 1. The first kappa shape index (κ1) is 16.6. The van der Waals surface area contributed by atoms with Gasteiger partial charge in [-0.25, -0.2) is 15.0 Å². The van der Waals surface area contributed by atoms with Gasteiger partial charge in [-0.2, -0.15) is 0 Å². The standard InChI is InChI=1S/C17H21N5OS/c1-4-5-8-22-16-14(15(18)19-10-20-16)21-17(22)24-12-7-6-11(2)13(9-12)23-3/h6-7,9-10H,4-5,8H2,1-3H3,(H2,18,19,20). The molecule has 126 valence electrons. The Morgan fingerprint density at radius 2 is 2.12 bits per heavy atom. The van der Waals surface area contributed by atoms with E-state index in [0.29, 0.717) is 11.3 Å². The Morgan fingerprint density at radius 3 is 2.88 bits per heavy atom. The van der Waals surface area contributed by atoms with Crippen LogP contribution in [0.1, 0.15) is 25.3 Å². The minimum Gasteiger partial charge on any atom is -0.496 e. The van der Waals surface area contributed by atoms with Crippen LogP contribution in [-0.2, 0) is 6.54 Å². The number of aryl methyl sites for hydroxylation is 2. The number of fused-ring (bicyclic) bond motifs is 1. The Morgan fingerprint density at radius 1 is 1.29 bits per heavy atom. The molecule has 3 aromatic rings. The smallest absolute Gasteiger partial charge is 0.175 e. The lowest BCUT2D eigenvalue weighted by atomic mass is 10.2. The number of hydrogen-bond donors (Lipinski definition) is 1. The van der Waals surface area contributed by atoms with Crippen molar-refractivity contribution in [2.75, 3.05) is 12.8 Å². The van der Waals surface area contributed by atoms with Gasteiger partial charge in [0, 0.05) is 11.4 Å². The van der Waals surface area contributed by atoms with Crippen LogP contribution in [0.15, 0.2) is 34.6 Å². The minimum atomic E-state index is 0.415. The summed E-state index contributed by atoms with van der Waals surface area (Å²) in [4.78, 5) is 14.2. The van der Waals surface area contributed by atoms with Gasteiger partial charge in [0.1, 0.15) is 12.1 Å². The van der Waals surface area contributed by atoms with Crippen molar-refractivity contribution in [1.82, 2.24) is 19.5 Å². The summed E-state index contributed by atoms with van der Waals surface area (Å²) in [7, 11) is 1.68. The van der Waals surface area contributed by atoms with E-state index in [1.165, 1.54) is 6.33 Å². The summed E-state index contributed by atoms with van der Waals surface area (Å²) in [5, 5.41) is 0.872. The van der Waals surface area contributed by atoms with E-state index in [4.69, 9.17) is 10.5 Å². The van der Waals surface area contributed by atoms with Crippen molar-refractivity contribution in [2.24, 2.45) is 0 Å². The summed E-state index contributed by atoms with van der Waals surface area (Å²) in [5.74, 6) is 1.29. The first-order valence-electron chi connectivity index (χ1n) is 7.93. The van der Waals surface area contributed by atoms with E-state index in [2.05, 4.69) is 32.5 Å². The number of hydrogen-bond acceptors (Lipinski definition) is 6. The second-order valence-electron chi connectivity index (χ2n) is 5.56. The van der Waals surface area contributed by atoms with E-state index < -0.39 is 0 Å². The number of ether oxygens (including phenoxy) is 1. The maximum absolute atomic E-state index is 5.97. The number of aromatic nitrogens is 4. The lowest BCUT2D eigenvalue weighted by molar-refractivity contribution is 0.410. The molecule has 0 aliphatic rings. The van der Waals surface area contributed by atoms with Crippen LogP contribution in [0.2, 0.25) is 0 Å². The molecule has 0 saturated carbocycles. The van der Waals surface area contributed by atoms with Crippen LogP contribution in [0.4, 0.5) is 5.82 Å². The molecule has 0 spiro atoms. The molecule has 0 atom stereocenters. The van der Waals surface area contributed by atoms with Gasteiger partial charge in [-0.3, -0.25) is 0 Å². The molecule has 0 amide bonds. The molecule has 0 aliphatic carbocycles.